The number of nitrogens with one attached hydrogen (secondary N) is 1. The van der Waals surface area contributed by atoms with Gasteiger partial charge in [-0.2, -0.15) is 0 Å². The summed E-state index contributed by atoms with van der Waals surface area (Å²) >= 11 is 6.47. The Bertz CT molecular complexity index is 1310. The zero-order valence-electron chi connectivity index (χ0n) is 21.4. The molecule has 0 fully saturated rings. The summed E-state index contributed by atoms with van der Waals surface area (Å²) in [7, 11) is 0. The van der Waals surface area contributed by atoms with Gasteiger partial charge in [0.05, 0.1) is 5.02 Å². The van der Waals surface area contributed by atoms with Crippen molar-refractivity contribution in [3.8, 4) is 5.75 Å². The van der Waals surface area contributed by atoms with E-state index in [1.54, 1.807) is 26.8 Å². The predicted molar refractivity (Wildman–Crippen MR) is 140 cm³/mol. The zero-order valence-corrected chi connectivity index (χ0v) is 22.2. The average Bonchev–Trinajstić information content (AvgIpc) is 2.80. The quantitative estimate of drug-likeness (QED) is 0.230. The molecule has 1 N–H and O–H groups in total. The number of rotatable bonds is 7. The van der Waals surface area contributed by atoms with Crippen LogP contribution in [0.2, 0.25) is 5.02 Å². The van der Waals surface area contributed by atoms with E-state index in [0.29, 0.717) is 23.8 Å². The largest absolute Gasteiger partial charge is 0.444 e. The van der Waals surface area contributed by atoms with Gasteiger partial charge in [0.25, 0.3) is 0 Å². The Morgan fingerprint density at radius 2 is 1.81 bits per heavy atom. The molecule has 1 heterocycles. The van der Waals surface area contributed by atoms with Crippen LogP contribution >= 0.6 is 11.6 Å². The molecule has 2 atom stereocenters. The molecule has 0 spiro atoms. The lowest BCUT2D eigenvalue weighted by atomic mass is 9.99. The van der Waals surface area contributed by atoms with Gasteiger partial charge < -0.3 is 19.2 Å². The van der Waals surface area contributed by atoms with Crippen LogP contribution in [0.15, 0.2) is 51.7 Å². The summed E-state index contributed by atoms with van der Waals surface area (Å²) in [5.74, 6) is -0.895. The summed E-state index contributed by atoms with van der Waals surface area (Å²) in [6, 6.07) is 11.7. The third kappa shape index (κ3) is 6.66. The van der Waals surface area contributed by atoms with Crippen LogP contribution in [0.4, 0.5) is 4.79 Å². The molecule has 8 heteroatoms. The van der Waals surface area contributed by atoms with Crippen LogP contribution < -0.4 is 15.7 Å². The van der Waals surface area contributed by atoms with Crippen molar-refractivity contribution in [3.63, 3.8) is 0 Å². The molecule has 0 bridgehead atoms. The number of alkyl carbamates (subject to hydrolysis) is 1. The number of benzene rings is 2. The second-order valence-corrected chi connectivity index (χ2v) is 10.3. The van der Waals surface area contributed by atoms with Crippen molar-refractivity contribution in [2.45, 2.75) is 66.0 Å². The van der Waals surface area contributed by atoms with Crippen LogP contribution in [-0.4, -0.2) is 23.7 Å². The monoisotopic (exact) mass is 513 g/mol. The Labute approximate surface area is 215 Å². The summed E-state index contributed by atoms with van der Waals surface area (Å²) in [4.78, 5) is 38.1. The Morgan fingerprint density at radius 3 is 2.42 bits per heavy atom. The Kier molecular flexibility index (Phi) is 8.46. The van der Waals surface area contributed by atoms with Crippen molar-refractivity contribution in [2.24, 2.45) is 5.92 Å². The van der Waals surface area contributed by atoms with Gasteiger partial charge in [0.15, 0.2) is 5.75 Å². The van der Waals surface area contributed by atoms with E-state index < -0.39 is 29.3 Å². The van der Waals surface area contributed by atoms with Crippen LogP contribution in [0.25, 0.3) is 11.0 Å². The first-order chi connectivity index (χ1) is 16.9. The van der Waals surface area contributed by atoms with Gasteiger partial charge in [0.1, 0.15) is 17.2 Å². The summed E-state index contributed by atoms with van der Waals surface area (Å²) in [6.45, 7) is 10.8. The molecule has 0 saturated carbocycles. The maximum absolute atomic E-state index is 13.1. The predicted octanol–water partition coefficient (Wildman–Crippen LogP) is 6.19. The van der Waals surface area contributed by atoms with Gasteiger partial charge in [-0.25, -0.2) is 14.4 Å². The highest BCUT2D eigenvalue weighted by molar-refractivity contribution is 6.33. The molecule has 7 nitrogen and oxygen atoms in total. The van der Waals surface area contributed by atoms with Gasteiger partial charge in [-0.05, 0) is 50.8 Å². The lowest BCUT2D eigenvalue weighted by Gasteiger charge is -2.25. The van der Waals surface area contributed by atoms with E-state index >= 15 is 0 Å². The van der Waals surface area contributed by atoms with Crippen LogP contribution in [0.5, 0.6) is 5.75 Å². The fourth-order valence-corrected chi connectivity index (χ4v) is 3.95. The number of hydrogen-bond donors (Lipinski definition) is 1. The van der Waals surface area contributed by atoms with Gasteiger partial charge in [-0.15, -0.1) is 0 Å². The molecule has 0 aliphatic rings. The van der Waals surface area contributed by atoms with Crippen LogP contribution in [0.3, 0.4) is 0 Å². The van der Waals surface area contributed by atoms with E-state index in [9.17, 15) is 14.4 Å². The topological polar surface area (TPSA) is 94.8 Å². The van der Waals surface area contributed by atoms with E-state index in [4.69, 9.17) is 25.5 Å². The molecule has 36 heavy (non-hydrogen) atoms. The van der Waals surface area contributed by atoms with Gasteiger partial charge in [-0.3, -0.25) is 0 Å². The second kappa shape index (κ2) is 11.2. The van der Waals surface area contributed by atoms with E-state index in [1.165, 1.54) is 6.07 Å². The van der Waals surface area contributed by atoms with Crippen LogP contribution in [0, 0.1) is 12.8 Å². The highest BCUT2D eigenvalue weighted by atomic mass is 35.5. The van der Waals surface area contributed by atoms with Gasteiger partial charge in [-0.1, -0.05) is 62.2 Å². The maximum atomic E-state index is 13.1. The van der Waals surface area contributed by atoms with Crippen LogP contribution in [-0.2, 0) is 16.0 Å². The van der Waals surface area contributed by atoms with Gasteiger partial charge >= 0.3 is 17.7 Å². The molecule has 2 aromatic carbocycles. The molecule has 3 rings (SSSR count). The molecular formula is C28H32ClNO6. The minimum absolute atomic E-state index is 0.0341. The minimum atomic E-state index is -0.960. The zero-order chi connectivity index (χ0) is 26.6. The van der Waals surface area contributed by atoms with Crippen molar-refractivity contribution in [1.82, 2.24) is 5.32 Å². The number of fused-ring (bicyclic) bond motifs is 1. The number of hydrogen-bond acceptors (Lipinski definition) is 6. The second-order valence-electron chi connectivity index (χ2n) is 9.86. The molecule has 1 aromatic heterocycles. The van der Waals surface area contributed by atoms with Crippen molar-refractivity contribution >= 4 is 34.6 Å². The van der Waals surface area contributed by atoms with Crippen LogP contribution in [0.1, 0.15) is 57.7 Å². The fraction of sp³-hybridized carbons (Fsp3) is 0.393. The van der Waals surface area contributed by atoms with E-state index in [0.717, 1.165) is 11.1 Å². The molecule has 1 amide bonds. The lowest BCUT2D eigenvalue weighted by Crippen LogP contribution is -2.48. The number of amides is 1. The number of carbonyl (C=O) groups is 2. The Balaban J connectivity index is 1.90. The fourth-order valence-electron chi connectivity index (χ4n) is 3.75. The number of esters is 1. The first kappa shape index (κ1) is 27.3. The highest BCUT2D eigenvalue weighted by Gasteiger charge is 2.30. The van der Waals surface area contributed by atoms with Gasteiger partial charge in [0, 0.05) is 23.4 Å². The first-order valence-corrected chi connectivity index (χ1v) is 12.3. The average molecular weight is 514 g/mol. The van der Waals surface area contributed by atoms with E-state index in [-0.39, 0.29) is 22.3 Å². The van der Waals surface area contributed by atoms with Crippen molar-refractivity contribution in [2.75, 3.05) is 0 Å². The SMILES string of the molecule is CCC(C)C(NC(=O)OC(C)(C)C)C(=O)Oc1cc2oc(=O)c(Cc3ccccc3)c(C)c2cc1Cl. The number of carbonyl (C=O) groups excluding carboxylic acids is 2. The molecule has 0 saturated heterocycles. The molecule has 0 aliphatic carbocycles. The summed E-state index contributed by atoms with van der Waals surface area (Å²) in [5.41, 5.74) is 1.33. The third-order valence-corrected chi connectivity index (χ3v) is 6.21. The lowest BCUT2D eigenvalue weighted by molar-refractivity contribution is -0.138. The summed E-state index contributed by atoms with van der Waals surface area (Å²) in [6.07, 6.45) is 0.313. The number of halogens is 1. The number of ether oxygens (including phenoxy) is 2. The third-order valence-electron chi connectivity index (χ3n) is 5.91. The summed E-state index contributed by atoms with van der Waals surface area (Å²) in [5, 5.41) is 3.43. The minimum Gasteiger partial charge on any atom is -0.444 e. The van der Waals surface area contributed by atoms with Crippen molar-refractivity contribution in [1.29, 1.82) is 0 Å². The molecular weight excluding hydrogens is 482 g/mol. The normalized spacial score (nSPS) is 13.2. The van der Waals surface area contributed by atoms with E-state index in [1.807, 2.05) is 51.1 Å². The summed E-state index contributed by atoms with van der Waals surface area (Å²) < 4.78 is 16.4. The smallest absolute Gasteiger partial charge is 0.408 e. The molecule has 3 aromatic rings. The van der Waals surface area contributed by atoms with Gasteiger partial charge in [0.2, 0.25) is 0 Å². The molecule has 2 unspecified atom stereocenters. The Morgan fingerprint density at radius 1 is 1.14 bits per heavy atom. The molecule has 0 radical (unpaired) electrons. The molecule has 0 aliphatic heterocycles. The first-order valence-electron chi connectivity index (χ1n) is 11.9. The number of aryl methyl sites for hydroxylation is 1. The van der Waals surface area contributed by atoms with Crippen molar-refractivity contribution < 1.29 is 23.5 Å². The van der Waals surface area contributed by atoms with Crippen molar-refractivity contribution in [3.05, 3.63) is 74.6 Å². The maximum Gasteiger partial charge on any atom is 0.408 e. The highest BCUT2D eigenvalue weighted by Crippen LogP contribution is 2.33. The Hall–Kier alpha value is -3.32. The molecule has 192 valence electrons. The standard InChI is InChI=1S/C28H32ClNO6/c1-7-16(2)24(30-27(33)36-28(4,5)6)26(32)35-23-15-22-19(14-21(23)29)17(3)20(25(31)34-22)13-18-11-9-8-10-12-18/h8-12,14-16,24H,7,13H2,1-6H3,(H,30,33). The van der Waals surface area contributed by atoms with E-state index in [2.05, 4.69) is 5.32 Å².